The summed E-state index contributed by atoms with van der Waals surface area (Å²) in [5, 5.41) is 8.99. The summed E-state index contributed by atoms with van der Waals surface area (Å²) in [6.45, 7) is 0. The minimum Gasteiger partial charge on any atom is -0.288 e. The quantitative estimate of drug-likeness (QED) is 0.478. The molecular weight excluding hydrogens is 433 g/mol. The molecule has 0 saturated heterocycles. The molecule has 1 heterocycles. The number of aromatic nitrogens is 2. The molecular formula is C21H16Cl2F2N4O. The number of benzene rings is 2. The Labute approximate surface area is 180 Å². The highest BCUT2D eigenvalue weighted by Gasteiger charge is 2.43. The molecule has 0 aliphatic heterocycles. The van der Waals surface area contributed by atoms with Gasteiger partial charge in [-0.15, -0.1) is 0 Å². The molecule has 1 aromatic heterocycles. The summed E-state index contributed by atoms with van der Waals surface area (Å²) in [6, 6.07) is 7.66. The van der Waals surface area contributed by atoms with Gasteiger partial charge in [0.15, 0.2) is 11.5 Å². The van der Waals surface area contributed by atoms with Crippen LogP contribution in [-0.2, 0) is 0 Å². The van der Waals surface area contributed by atoms with Crippen LogP contribution in [-0.4, -0.2) is 16.1 Å². The summed E-state index contributed by atoms with van der Waals surface area (Å²) in [5.41, 5.74) is 5.13. The van der Waals surface area contributed by atoms with E-state index in [-0.39, 0.29) is 28.0 Å². The number of aromatic amines is 1. The van der Waals surface area contributed by atoms with Crippen LogP contribution in [0.1, 0.15) is 52.8 Å². The first kappa shape index (κ1) is 19.3. The van der Waals surface area contributed by atoms with Crippen molar-refractivity contribution in [2.45, 2.75) is 31.1 Å². The van der Waals surface area contributed by atoms with Crippen LogP contribution in [0.5, 0.6) is 0 Å². The van der Waals surface area contributed by atoms with Crippen molar-refractivity contribution in [3.8, 4) is 0 Å². The number of fused-ring (bicyclic) bond motifs is 5. The number of hydrazine groups is 1. The molecule has 1 amide bonds. The first-order valence-electron chi connectivity index (χ1n) is 9.51. The third kappa shape index (κ3) is 3.13. The molecule has 3 aromatic rings. The Kier molecular flexibility index (Phi) is 4.67. The van der Waals surface area contributed by atoms with E-state index in [9.17, 15) is 13.6 Å². The van der Waals surface area contributed by atoms with Crippen LogP contribution < -0.4 is 10.4 Å². The Hall–Kier alpha value is -2.64. The van der Waals surface area contributed by atoms with Gasteiger partial charge in [0.05, 0.1) is 16.4 Å². The number of H-pyrrole nitrogens is 1. The molecule has 2 bridgehead atoms. The van der Waals surface area contributed by atoms with Crippen molar-refractivity contribution in [1.82, 2.24) is 10.2 Å². The van der Waals surface area contributed by atoms with E-state index in [2.05, 4.69) is 15.6 Å². The first-order valence-corrected chi connectivity index (χ1v) is 10.3. The lowest BCUT2D eigenvalue weighted by molar-refractivity contribution is 0.0986. The van der Waals surface area contributed by atoms with Gasteiger partial charge in [0.25, 0.3) is 5.91 Å². The second-order valence-corrected chi connectivity index (χ2v) is 8.42. The minimum atomic E-state index is -0.843. The summed E-state index contributed by atoms with van der Waals surface area (Å²) in [6.07, 6.45) is 3.10. The van der Waals surface area contributed by atoms with Gasteiger partial charge in [-0.25, -0.2) is 13.8 Å². The highest BCUT2D eigenvalue weighted by molar-refractivity contribution is 6.37. The maximum atomic E-state index is 14.3. The zero-order chi connectivity index (χ0) is 21.0. The average molecular weight is 449 g/mol. The van der Waals surface area contributed by atoms with Gasteiger partial charge in [0.1, 0.15) is 5.82 Å². The SMILES string of the molecule is O=C(c1n[nH]c2c1C1CCC2C1)N(Nc1ccc(F)cc1F)c1ccc(Cl)cc1Cl. The molecule has 2 aliphatic rings. The summed E-state index contributed by atoms with van der Waals surface area (Å²) in [5.74, 6) is -1.37. The van der Waals surface area contributed by atoms with Crippen molar-refractivity contribution < 1.29 is 13.6 Å². The summed E-state index contributed by atoms with van der Waals surface area (Å²) >= 11 is 12.3. The van der Waals surface area contributed by atoms with E-state index >= 15 is 0 Å². The Morgan fingerprint density at radius 3 is 2.70 bits per heavy atom. The van der Waals surface area contributed by atoms with E-state index in [0.717, 1.165) is 47.7 Å². The predicted molar refractivity (Wildman–Crippen MR) is 111 cm³/mol. The summed E-state index contributed by atoms with van der Waals surface area (Å²) in [4.78, 5) is 13.6. The lowest BCUT2D eigenvalue weighted by Gasteiger charge is -2.26. The third-order valence-corrected chi connectivity index (χ3v) is 6.34. The molecule has 2 N–H and O–H groups in total. The monoisotopic (exact) mass is 448 g/mol. The minimum absolute atomic E-state index is 0.0792. The van der Waals surface area contributed by atoms with Crippen LogP contribution in [0.4, 0.5) is 20.2 Å². The van der Waals surface area contributed by atoms with Gasteiger partial charge in [-0.3, -0.25) is 15.3 Å². The van der Waals surface area contributed by atoms with Gasteiger partial charge in [0, 0.05) is 28.3 Å². The molecule has 2 aliphatic carbocycles. The smallest absolute Gasteiger partial charge is 0.288 e. The standard InChI is InChI=1S/C21H16Cl2F2N4O/c22-12-3-6-17(14(23)8-12)29(28-16-5-4-13(24)9-15(16)25)21(30)20-18-10-1-2-11(7-10)19(18)26-27-20/h3-6,8-11,28H,1-2,7H2,(H,26,27). The van der Waals surface area contributed by atoms with E-state index in [4.69, 9.17) is 23.2 Å². The van der Waals surface area contributed by atoms with Gasteiger partial charge in [-0.2, -0.15) is 5.10 Å². The van der Waals surface area contributed by atoms with Gasteiger partial charge in [-0.1, -0.05) is 23.2 Å². The second kappa shape index (κ2) is 7.25. The fraction of sp³-hybridized carbons (Fsp3) is 0.238. The van der Waals surface area contributed by atoms with E-state index in [0.29, 0.717) is 10.9 Å². The van der Waals surface area contributed by atoms with Gasteiger partial charge >= 0.3 is 0 Å². The molecule has 5 rings (SSSR count). The van der Waals surface area contributed by atoms with Crippen molar-refractivity contribution in [3.05, 3.63) is 75.0 Å². The van der Waals surface area contributed by atoms with Crippen LogP contribution >= 0.6 is 23.2 Å². The largest absolute Gasteiger partial charge is 0.297 e. The van der Waals surface area contributed by atoms with Crippen molar-refractivity contribution in [3.63, 3.8) is 0 Å². The van der Waals surface area contributed by atoms with Crippen molar-refractivity contribution in [2.75, 3.05) is 10.4 Å². The van der Waals surface area contributed by atoms with E-state index in [1.54, 1.807) is 12.1 Å². The lowest BCUT2D eigenvalue weighted by atomic mass is 9.95. The Morgan fingerprint density at radius 1 is 1.13 bits per heavy atom. The van der Waals surface area contributed by atoms with Gasteiger partial charge in [0.2, 0.25) is 0 Å². The highest BCUT2D eigenvalue weighted by atomic mass is 35.5. The number of hydrogen-bond acceptors (Lipinski definition) is 3. The number of anilines is 2. The maximum absolute atomic E-state index is 14.3. The van der Waals surface area contributed by atoms with Crippen LogP contribution in [0.3, 0.4) is 0 Å². The predicted octanol–water partition coefficient (Wildman–Crippen LogP) is 6.03. The first-order chi connectivity index (χ1) is 14.4. The Morgan fingerprint density at radius 2 is 1.93 bits per heavy atom. The van der Waals surface area contributed by atoms with Crippen LogP contribution in [0, 0.1) is 11.6 Å². The number of carbonyl (C=O) groups is 1. The molecule has 0 spiro atoms. The number of amides is 1. The van der Waals surface area contributed by atoms with Crippen molar-refractivity contribution in [2.24, 2.45) is 0 Å². The van der Waals surface area contributed by atoms with Crippen molar-refractivity contribution >= 4 is 40.5 Å². The number of nitrogens with zero attached hydrogens (tertiary/aromatic N) is 2. The van der Waals surface area contributed by atoms with Gasteiger partial charge < -0.3 is 0 Å². The number of carbonyl (C=O) groups excluding carboxylic acids is 1. The number of rotatable bonds is 4. The molecule has 2 atom stereocenters. The molecule has 2 unspecified atom stereocenters. The Bertz CT molecular complexity index is 1170. The third-order valence-electron chi connectivity index (χ3n) is 5.80. The zero-order valence-electron chi connectivity index (χ0n) is 15.6. The second-order valence-electron chi connectivity index (χ2n) is 7.58. The fourth-order valence-electron chi connectivity index (χ4n) is 4.45. The normalized spacial score (nSPS) is 19.1. The lowest BCUT2D eigenvalue weighted by Crippen LogP contribution is -2.38. The van der Waals surface area contributed by atoms with Gasteiger partial charge in [-0.05, 0) is 55.5 Å². The molecule has 1 saturated carbocycles. The topological polar surface area (TPSA) is 61.0 Å². The average Bonchev–Trinajstić information content (AvgIpc) is 3.41. The van der Waals surface area contributed by atoms with Crippen LogP contribution in [0.25, 0.3) is 0 Å². The Balaban J connectivity index is 1.58. The zero-order valence-corrected chi connectivity index (χ0v) is 17.1. The highest BCUT2D eigenvalue weighted by Crippen LogP contribution is 2.53. The van der Waals surface area contributed by atoms with Crippen LogP contribution in [0.15, 0.2) is 36.4 Å². The molecule has 0 radical (unpaired) electrons. The maximum Gasteiger partial charge on any atom is 0.297 e. The molecule has 30 heavy (non-hydrogen) atoms. The molecule has 2 aromatic carbocycles. The fourth-order valence-corrected chi connectivity index (χ4v) is 4.94. The number of hydrogen-bond donors (Lipinski definition) is 2. The van der Waals surface area contributed by atoms with E-state index < -0.39 is 17.5 Å². The number of halogens is 4. The van der Waals surface area contributed by atoms with Crippen molar-refractivity contribution in [1.29, 1.82) is 0 Å². The number of nitrogens with one attached hydrogen (secondary N) is 2. The molecule has 9 heteroatoms. The molecule has 5 nitrogen and oxygen atoms in total. The molecule has 154 valence electrons. The summed E-state index contributed by atoms with van der Waals surface area (Å²) < 4.78 is 27.7. The van der Waals surface area contributed by atoms with E-state index in [1.165, 1.54) is 12.1 Å². The summed E-state index contributed by atoms with van der Waals surface area (Å²) in [7, 11) is 0. The molecule has 1 fully saturated rings. The van der Waals surface area contributed by atoms with E-state index in [1.807, 2.05) is 0 Å². The van der Waals surface area contributed by atoms with Crippen LogP contribution in [0.2, 0.25) is 10.0 Å².